The molecule has 0 radical (unpaired) electrons. The van der Waals surface area contributed by atoms with Crippen LogP contribution in [0.1, 0.15) is 31.4 Å². The largest absolute Gasteiger partial charge is 0.467 e. The van der Waals surface area contributed by atoms with Crippen LogP contribution in [0.3, 0.4) is 0 Å². The summed E-state index contributed by atoms with van der Waals surface area (Å²) in [6, 6.07) is 3.62. The minimum absolute atomic E-state index is 0.0215. The predicted octanol–water partition coefficient (Wildman–Crippen LogP) is 0.776. The summed E-state index contributed by atoms with van der Waals surface area (Å²) < 4.78 is 5.15. The van der Waals surface area contributed by atoms with Crippen molar-refractivity contribution in [3.63, 3.8) is 0 Å². The third-order valence-electron chi connectivity index (χ3n) is 3.68. The number of nitrogens with one attached hydrogen (secondary N) is 1. The molecule has 0 aliphatic heterocycles. The maximum absolute atomic E-state index is 11.9. The Morgan fingerprint density at radius 3 is 2.83 bits per heavy atom. The van der Waals surface area contributed by atoms with Crippen molar-refractivity contribution in [2.45, 2.75) is 37.8 Å². The summed E-state index contributed by atoms with van der Waals surface area (Å²) in [5, 5.41) is 12.8. The zero-order valence-electron chi connectivity index (χ0n) is 10.4. The van der Waals surface area contributed by atoms with Crippen molar-refractivity contribution < 1.29 is 14.3 Å². The first-order valence-electron chi connectivity index (χ1n) is 6.35. The Bertz CT molecular complexity index is 381. The van der Waals surface area contributed by atoms with Gasteiger partial charge in [0.05, 0.1) is 18.4 Å². The number of furan rings is 1. The highest BCUT2D eigenvalue weighted by molar-refractivity contribution is 5.78. The fraction of sp³-hybridized carbons (Fsp3) is 0.615. The van der Waals surface area contributed by atoms with E-state index in [-0.39, 0.29) is 18.4 Å². The number of amides is 1. The number of nitrogens with two attached hydrogens (primary N) is 1. The van der Waals surface area contributed by atoms with Crippen LogP contribution < -0.4 is 11.1 Å². The van der Waals surface area contributed by atoms with Gasteiger partial charge >= 0.3 is 0 Å². The van der Waals surface area contributed by atoms with Gasteiger partial charge in [0.2, 0.25) is 5.91 Å². The molecular formula is C13H20N2O3. The Morgan fingerprint density at radius 1 is 1.56 bits per heavy atom. The lowest BCUT2D eigenvalue weighted by Gasteiger charge is -2.34. The van der Waals surface area contributed by atoms with Crippen molar-refractivity contribution in [3.8, 4) is 0 Å². The smallest absolute Gasteiger partial charge is 0.223 e. The molecule has 0 bridgehead atoms. The van der Waals surface area contributed by atoms with E-state index in [0.29, 0.717) is 32.2 Å². The van der Waals surface area contributed by atoms with Gasteiger partial charge in [-0.1, -0.05) is 0 Å². The third kappa shape index (κ3) is 3.11. The first kappa shape index (κ1) is 13.1. The van der Waals surface area contributed by atoms with E-state index in [1.807, 2.05) is 6.07 Å². The van der Waals surface area contributed by atoms with Gasteiger partial charge in [-0.3, -0.25) is 4.79 Å². The van der Waals surface area contributed by atoms with Gasteiger partial charge < -0.3 is 20.6 Å². The van der Waals surface area contributed by atoms with Crippen LogP contribution in [-0.4, -0.2) is 23.2 Å². The molecule has 0 unspecified atom stereocenters. The van der Waals surface area contributed by atoms with Gasteiger partial charge in [-0.15, -0.1) is 0 Å². The zero-order valence-corrected chi connectivity index (χ0v) is 10.4. The molecule has 100 valence electrons. The molecular weight excluding hydrogens is 232 g/mol. The second kappa shape index (κ2) is 5.54. The van der Waals surface area contributed by atoms with Gasteiger partial charge in [-0.05, 0) is 37.8 Å². The van der Waals surface area contributed by atoms with Crippen LogP contribution >= 0.6 is 0 Å². The summed E-state index contributed by atoms with van der Waals surface area (Å²) >= 11 is 0. The van der Waals surface area contributed by atoms with Crippen LogP contribution in [0, 0.1) is 5.92 Å². The van der Waals surface area contributed by atoms with Crippen LogP contribution in [0.15, 0.2) is 22.8 Å². The molecule has 0 aromatic carbocycles. The third-order valence-corrected chi connectivity index (χ3v) is 3.68. The van der Waals surface area contributed by atoms with Crippen molar-refractivity contribution in [3.05, 3.63) is 24.2 Å². The van der Waals surface area contributed by atoms with E-state index in [9.17, 15) is 9.90 Å². The standard InChI is InChI=1S/C13H20N2O3/c14-9-13(17)5-3-10(4-6-13)12(16)15-8-11-2-1-7-18-11/h1-2,7,10,17H,3-6,8-9,14H2,(H,15,16). The molecule has 5 heteroatoms. The number of hydrogen-bond donors (Lipinski definition) is 3. The van der Waals surface area contributed by atoms with E-state index in [4.69, 9.17) is 10.2 Å². The summed E-state index contributed by atoms with van der Waals surface area (Å²) in [6.45, 7) is 0.692. The molecule has 1 saturated carbocycles. The minimum Gasteiger partial charge on any atom is -0.467 e. The van der Waals surface area contributed by atoms with Crippen LogP contribution in [0.4, 0.5) is 0 Å². The summed E-state index contributed by atoms with van der Waals surface area (Å²) in [6.07, 6.45) is 4.17. The molecule has 0 atom stereocenters. The van der Waals surface area contributed by atoms with E-state index in [1.54, 1.807) is 12.3 Å². The number of carbonyl (C=O) groups is 1. The van der Waals surface area contributed by atoms with E-state index in [1.165, 1.54) is 0 Å². The first-order chi connectivity index (χ1) is 8.63. The van der Waals surface area contributed by atoms with Gasteiger partial charge in [0, 0.05) is 12.5 Å². The van der Waals surface area contributed by atoms with E-state index < -0.39 is 5.60 Å². The molecule has 18 heavy (non-hydrogen) atoms. The van der Waals surface area contributed by atoms with Gasteiger partial charge in [0.25, 0.3) is 0 Å². The lowest BCUT2D eigenvalue weighted by Crippen LogP contribution is -2.44. The number of hydrogen-bond acceptors (Lipinski definition) is 4. The molecule has 1 aromatic heterocycles. The summed E-state index contributed by atoms with van der Waals surface area (Å²) in [4.78, 5) is 11.9. The maximum atomic E-state index is 11.9. The second-order valence-electron chi connectivity index (χ2n) is 5.00. The summed E-state index contributed by atoms with van der Waals surface area (Å²) in [5.41, 5.74) is 4.75. The van der Waals surface area contributed by atoms with Crippen molar-refractivity contribution in [2.75, 3.05) is 6.54 Å². The highest BCUT2D eigenvalue weighted by Gasteiger charge is 2.34. The molecule has 1 fully saturated rings. The average Bonchev–Trinajstić information content (AvgIpc) is 2.90. The Kier molecular flexibility index (Phi) is 4.04. The van der Waals surface area contributed by atoms with Crippen LogP contribution in [0.5, 0.6) is 0 Å². The first-order valence-corrected chi connectivity index (χ1v) is 6.35. The Hall–Kier alpha value is -1.33. The number of aliphatic hydroxyl groups is 1. The van der Waals surface area contributed by atoms with E-state index in [2.05, 4.69) is 5.32 Å². The van der Waals surface area contributed by atoms with E-state index in [0.717, 1.165) is 5.76 Å². The lowest BCUT2D eigenvalue weighted by atomic mass is 9.78. The van der Waals surface area contributed by atoms with Crippen molar-refractivity contribution in [2.24, 2.45) is 11.7 Å². The fourth-order valence-electron chi connectivity index (χ4n) is 2.35. The minimum atomic E-state index is -0.766. The molecule has 0 saturated heterocycles. The molecule has 0 spiro atoms. The number of carbonyl (C=O) groups excluding carboxylic acids is 1. The quantitative estimate of drug-likeness (QED) is 0.738. The van der Waals surface area contributed by atoms with Gasteiger partial charge in [0.15, 0.2) is 0 Å². The second-order valence-corrected chi connectivity index (χ2v) is 5.00. The molecule has 1 aliphatic rings. The molecule has 1 aromatic rings. The average molecular weight is 252 g/mol. The zero-order chi connectivity index (χ0) is 13.0. The van der Waals surface area contributed by atoms with Gasteiger partial charge in [-0.2, -0.15) is 0 Å². The van der Waals surface area contributed by atoms with Crippen LogP contribution in [0.2, 0.25) is 0 Å². The highest BCUT2D eigenvalue weighted by atomic mass is 16.3. The normalized spacial score (nSPS) is 28.0. The highest BCUT2D eigenvalue weighted by Crippen LogP contribution is 2.31. The summed E-state index contributed by atoms with van der Waals surface area (Å²) in [7, 11) is 0. The summed E-state index contributed by atoms with van der Waals surface area (Å²) in [5.74, 6) is 0.759. The number of rotatable bonds is 4. The van der Waals surface area contributed by atoms with Crippen molar-refractivity contribution in [1.29, 1.82) is 0 Å². The van der Waals surface area contributed by atoms with Crippen LogP contribution in [0.25, 0.3) is 0 Å². The molecule has 2 rings (SSSR count). The van der Waals surface area contributed by atoms with Gasteiger partial charge in [-0.25, -0.2) is 0 Å². The van der Waals surface area contributed by atoms with Crippen LogP contribution in [-0.2, 0) is 11.3 Å². The Labute approximate surface area is 106 Å². The maximum Gasteiger partial charge on any atom is 0.223 e. The Morgan fingerprint density at radius 2 is 2.28 bits per heavy atom. The van der Waals surface area contributed by atoms with Crippen molar-refractivity contribution in [1.82, 2.24) is 5.32 Å². The predicted molar refractivity (Wildman–Crippen MR) is 66.5 cm³/mol. The topological polar surface area (TPSA) is 88.5 Å². The molecule has 1 aliphatic carbocycles. The molecule has 5 nitrogen and oxygen atoms in total. The SMILES string of the molecule is NCC1(O)CCC(C(=O)NCc2ccco2)CC1. The van der Waals surface area contributed by atoms with E-state index >= 15 is 0 Å². The molecule has 1 heterocycles. The lowest BCUT2D eigenvalue weighted by molar-refractivity contribution is -0.128. The van der Waals surface area contributed by atoms with Gasteiger partial charge in [0.1, 0.15) is 5.76 Å². The Balaban J connectivity index is 1.77. The monoisotopic (exact) mass is 252 g/mol. The van der Waals surface area contributed by atoms with Crippen molar-refractivity contribution >= 4 is 5.91 Å². The molecule has 1 amide bonds. The molecule has 4 N–H and O–H groups in total. The fourth-order valence-corrected chi connectivity index (χ4v) is 2.35.